The molecule has 0 saturated carbocycles. The van der Waals surface area contributed by atoms with Gasteiger partial charge >= 0.3 is 5.97 Å². The maximum Gasteiger partial charge on any atom is 0.376 e. The smallest absolute Gasteiger partial charge is 0.376 e. The Bertz CT molecular complexity index is 306. The van der Waals surface area contributed by atoms with Crippen LogP contribution in [0.2, 0.25) is 5.02 Å². The normalized spacial score (nSPS) is 10.7. The first-order chi connectivity index (χ1) is 5.54. The monoisotopic (exact) mass is 189 g/mol. The second kappa shape index (κ2) is 3.15. The summed E-state index contributed by atoms with van der Waals surface area (Å²) in [5.41, 5.74) is 0.481. The van der Waals surface area contributed by atoms with Gasteiger partial charge in [-0.2, -0.15) is 0 Å². The van der Waals surface area contributed by atoms with Gasteiger partial charge in [-0.15, -0.1) is 0 Å². The number of aromatic nitrogens is 1. The fourth-order valence-electron chi connectivity index (χ4n) is 0.783. The zero-order valence-electron chi connectivity index (χ0n) is 6.67. The summed E-state index contributed by atoms with van der Waals surface area (Å²) in [6.07, 6.45) is 0. The van der Waals surface area contributed by atoms with E-state index in [1.165, 1.54) is 0 Å². The van der Waals surface area contributed by atoms with Crippen molar-refractivity contribution in [1.82, 2.24) is 5.16 Å². The lowest BCUT2D eigenvalue weighted by molar-refractivity contribution is 0.0652. The van der Waals surface area contributed by atoms with E-state index in [2.05, 4.69) is 9.68 Å². The summed E-state index contributed by atoms with van der Waals surface area (Å²) < 4.78 is 4.54. The highest BCUT2D eigenvalue weighted by Crippen LogP contribution is 2.26. The quantitative estimate of drug-likeness (QED) is 0.774. The molecule has 5 heteroatoms. The number of aromatic carboxylic acids is 1. The number of hydrogen-bond acceptors (Lipinski definition) is 3. The van der Waals surface area contributed by atoms with E-state index in [4.69, 9.17) is 16.7 Å². The highest BCUT2D eigenvalue weighted by molar-refractivity contribution is 6.33. The van der Waals surface area contributed by atoms with Gasteiger partial charge in [-0.1, -0.05) is 30.6 Å². The van der Waals surface area contributed by atoms with Crippen LogP contribution in [0.3, 0.4) is 0 Å². The lowest BCUT2D eigenvalue weighted by atomic mass is 10.1. The minimum atomic E-state index is -1.19. The molecule has 1 heterocycles. The lowest BCUT2D eigenvalue weighted by Gasteiger charge is -1.96. The molecule has 0 atom stereocenters. The molecule has 0 aliphatic rings. The van der Waals surface area contributed by atoms with E-state index in [1.54, 1.807) is 0 Å². The summed E-state index contributed by atoms with van der Waals surface area (Å²) in [4.78, 5) is 10.4. The van der Waals surface area contributed by atoms with Crippen LogP contribution in [-0.4, -0.2) is 16.2 Å². The molecule has 1 aromatic heterocycles. The van der Waals surface area contributed by atoms with Gasteiger partial charge in [0, 0.05) is 5.92 Å². The summed E-state index contributed by atoms with van der Waals surface area (Å²) in [5.74, 6) is -1.42. The minimum absolute atomic E-state index is 0.0642. The molecule has 0 bridgehead atoms. The maximum atomic E-state index is 10.4. The summed E-state index contributed by atoms with van der Waals surface area (Å²) in [6.45, 7) is 3.71. The van der Waals surface area contributed by atoms with Crippen molar-refractivity contribution in [3.8, 4) is 0 Å². The Morgan fingerprint density at radius 1 is 1.67 bits per heavy atom. The number of nitrogens with zero attached hydrogens (tertiary/aromatic N) is 1. The van der Waals surface area contributed by atoms with Gasteiger partial charge in [0.2, 0.25) is 0 Å². The van der Waals surface area contributed by atoms with Crippen molar-refractivity contribution >= 4 is 17.6 Å². The first kappa shape index (κ1) is 9.06. The highest BCUT2D eigenvalue weighted by Gasteiger charge is 2.21. The molecule has 0 spiro atoms. The molecule has 0 unspecified atom stereocenters. The fraction of sp³-hybridized carbons (Fsp3) is 0.429. The first-order valence-corrected chi connectivity index (χ1v) is 3.80. The third kappa shape index (κ3) is 1.43. The van der Waals surface area contributed by atoms with Crippen LogP contribution in [0.1, 0.15) is 36.0 Å². The van der Waals surface area contributed by atoms with Crippen molar-refractivity contribution in [3.05, 3.63) is 16.5 Å². The Labute approximate surface area is 74.1 Å². The molecule has 0 aliphatic carbocycles. The van der Waals surface area contributed by atoms with Crippen molar-refractivity contribution in [2.24, 2.45) is 0 Å². The zero-order chi connectivity index (χ0) is 9.30. The van der Waals surface area contributed by atoms with Gasteiger partial charge in [0.1, 0.15) is 10.7 Å². The topological polar surface area (TPSA) is 63.3 Å². The van der Waals surface area contributed by atoms with Crippen molar-refractivity contribution in [2.75, 3.05) is 0 Å². The molecule has 0 aliphatic heterocycles. The van der Waals surface area contributed by atoms with Gasteiger partial charge in [-0.3, -0.25) is 0 Å². The van der Waals surface area contributed by atoms with Crippen molar-refractivity contribution in [1.29, 1.82) is 0 Å². The van der Waals surface area contributed by atoms with Gasteiger partial charge in [-0.25, -0.2) is 4.79 Å². The third-order valence-corrected chi connectivity index (χ3v) is 1.77. The van der Waals surface area contributed by atoms with Crippen LogP contribution in [-0.2, 0) is 0 Å². The van der Waals surface area contributed by atoms with Crippen molar-refractivity contribution in [2.45, 2.75) is 19.8 Å². The molecular weight excluding hydrogens is 182 g/mol. The van der Waals surface area contributed by atoms with Gasteiger partial charge in [0.25, 0.3) is 5.76 Å². The first-order valence-electron chi connectivity index (χ1n) is 3.42. The molecule has 0 saturated heterocycles. The molecule has 0 amide bonds. The van der Waals surface area contributed by atoms with E-state index in [9.17, 15) is 4.79 Å². The summed E-state index contributed by atoms with van der Waals surface area (Å²) in [7, 11) is 0. The van der Waals surface area contributed by atoms with Gasteiger partial charge in [0.15, 0.2) is 0 Å². The Kier molecular flexibility index (Phi) is 2.38. The van der Waals surface area contributed by atoms with E-state index < -0.39 is 5.97 Å². The van der Waals surface area contributed by atoms with Crippen LogP contribution in [0.5, 0.6) is 0 Å². The Morgan fingerprint density at radius 3 is 2.50 bits per heavy atom. The number of hydrogen-bond donors (Lipinski definition) is 1. The van der Waals surface area contributed by atoms with E-state index in [1.807, 2.05) is 13.8 Å². The molecule has 4 nitrogen and oxygen atoms in total. The Balaban J connectivity index is 3.13. The third-order valence-electron chi connectivity index (χ3n) is 1.40. The van der Waals surface area contributed by atoms with Crippen LogP contribution in [0, 0.1) is 0 Å². The van der Waals surface area contributed by atoms with E-state index >= 15 is 0 Å². The fourth-order valence-corrected chi connectivity index (χ4v) is 1.15. The summed E-state index contributed by atoms with van der Waals surface area (Å²) in [6, 6.07) is 0. The van der Waals surface area contributed by atoms with Crippen LogP contribution < -0.4 is 0 Å². The van der Waals surface area contributed by atoms with Crippen LogP contribution in [0.25, 0.3) is 0 Å². The standard InChI is InChI=1S/C7H8ClNO3/c1-3(2)5-4(8)6(7(10)11)12-9-5/h3H,1-2H3,(H,10,11). The van der Waals surface area contributed by atoms with Crippen LogP contribution in [0.4, 0.5) is 0 Å². The van der Waals surface area contributed by atoms with Gasteiger partial charge < -0.3 is 9.63 Å². The molecular formula is C7H8ClNO3. The van der Waals surface area contributed by atoms with E-state index in [0.717, 1.165) is 0 Å². The van der Waals surface area contributed by atoms with Gasteiger partial charge in [0.05, 0.1) is 0 Å². The Hall–Kier alpha value is -1.03. The lowest BCUT2D eigenvalue weighted by Crippen LogP contribution is -1.94. The summed E-state index contributed by atoms with van der Waals surface area (Å²) in [5, 5.41) is 12.2. The average molecular weight is 190 g/mol. The van der Waals surface area contributed by atoms with Crippen LogP contribution in [0.15, 0.2) is 4.52 Å². The molecule has 0 fully saturated rings. The highest BCUT2D eigenvalue weighted by atomic mass is 35.5. The van der Waals surface area contributed by atoms with Crippen molar-refractivity contribution < 1.29 is 14.4 Å². The number of carboxylic acid groups (broad SMARTS) is 1. The number of halogens is 1. The number of carboxylic acids is 1. The molecule has 66 valence electrons. The number of carbonyl (C=O) groups is 1. The van der Waals surface area contributed by atoms with E-state index in [0.29, 0.717) is 5.69 Å². The molecule has 0 aromatic carbocycles. The zero-order valence-corrected chi connectivity index (χ0v) is 7.42. The summed E-state index contributed by atoms with van der Waals surface area (Å²) >= 11 is 5.68. The second-order valence-corrected chi connectivity index (χ2v) is 3.05. The molecule has 12 heavy (non-hydrogen) atoms. The van der Waals surface area contributed by atoms with Gasteiger partial charge in [-0.05, 0) is 0 Å². The minimum Gasteiger partial charge on any atom is -0.475 e. The Morgan fingerprint density at radius 2 is 2.25 bits per heavy atom. The molecule has 0 radical (unpaired) electrons. The van der Waals surface area contributed by atoms with E-state index in [-0.39, 0.29) is 16.7 Å². The van der Waals surface area contributed by atoms with Crippen LogP contribution >= 0.6 is 11.6 Å². The molecule has 1 N–H and O–H groups in total. The molecule has 1 aromatic rings. The average Bonchev–Trinajstić information content (AvgIpc) is 2.30. The molecule has 1 rings (SSSR count). The predicted molar refractivity (Wildman–Crippen MR) is 42.6 cm³/mol. The van der Waals surface area contributed by atoms with Crippen molar-refractivity contribution in [3.63, 3.8) is 0 Å². The SMILES string of the molecule is CC(C)c1noc(C(=O)O)c1Cl. The maximum absolute atomic E-state index is 10.4. The second-order valence-electron chi connectivity index (χ2n) is 2.67. The number of rotatable bonds is 2. The largest absolute Gasteiger partial charge is 0.475 e. The predicted octanol–water partition coefficient (Wildman–Crippen LogP) is 2.15.